The SMILES string of the molecule is CSc1nc(NC2CCCCC2)c2ccnc-2[nH]1. The lowest BCUT2D eigenvalue weighted by Crippen LogP contribution is -2.23. The monoisotopic (exact) mass is 262 g/mol. The van der Waals surface area contributed by atoms with Crippen molar-refractivity contribution in [2.75, 3.05) is 11.6 Å². The van der Waals surface area contributed by atoms with E-state index in [0.717, 1.165) is 22.4 Å². The molecule has 1 fully saturated rings. The molecule has 0 aromatic heterocycles. The highest BCUT2D eigenvalue weighted by Gasteiger charge is 2.18. The number of hydrogen-bond donors (Lipinski definition) is 2. The van der Waals surface area contributed by atoms with Crippen LogP contribution in [-0.4, -0.2) is 27.2 Å². The van der Waals surface area contributed by atoms with E-state index in [9.17, 15) is 0 Å². The van der Waals surface area contributed by atoms with Crippen molar-refractivity contribution in [1.82, 2.24) is 15.0 Å². The Morgan fingerprint density at radius 2 is 2.17 bits per heavy atom. The first-order valence-electron chi connectivity index (χ1n) is 6.52. The Labute approximate surface area is 111 Å². The van der Waals surface area contributed by atoms with Gasteiger partial charge in [-0.25, -0.2) is 9.97 Å². The standard InChI is InChI=1S/C13H18N4S/c1-18-13-16-11-10(7-8-14-11)12(17-13)15-9-5-3-2-4-6-9/h7-9H,2-6H2,1H3,(H2,14,15,16,17). The Hall–Kier alpha value is -1.23. The van der Waals surface area contributed by atoms with Crippen LogP contribution in [0.25, 0.3) is 11.4 Å². The summed E-state index contributed by atoms with van der Waals surface area (Å²) < 4.78 is 0. The fraction of sp³-hybridized carbons (Fsp3) is 0.538. The summed E-state index contributed by atoms with van der Waals surface area (Å²) in [5.74, 6) is 1.91. The van der Waals surface area contributed by atoms with E-state index in [1.54, 1.807) is 11.8 Å². The molecule has 1 aliphatic carbocycles. The summed E-state index contributed by atoms with van der Waals surface area (Å²) in [6.45, 7) is 0. The number of thioether (sulfide) groups is 1. The minimum absolute atomic E-state index is 0.571. The fourth-order valence-corrected chi connectivity index (χ4v) is 2.94. The van der Waals surface area contributed by atoms with Gasteiger partial charge in [0.25, 0.3) is 0 Å². The normalized spacial score (nSPS) is 17.2. The van der Waals surface area contributed by atoms with Gasteiger partial charge >= 0.3 is 0 Å². The maximum atomic E-state index is 4.64. The molecule has 2 heterocycles. The Bertz CT molecular complexity index is 490. The molecule has 0 aromatic carbocycles. The van der Waals surface area contributed by atoms with Crippen LogP contribution in [0.5, 0.6) is 0 Å². The van der Waals surface area contributed by atoms with E-state index in [1.807, 2.05) is 18.5 Å². The van der Waals surface area contributed by atoms with Crippen LogP contribution < -0.4 is 5.32 Å². The van der Waals surface area contributed by atoms with Crippen molar-refractivity contribution in [3.05, 3.63) is 12.3 Å². The summed E-state index contributed by atoms with van der Waals surface area (Å²) in [5.41, 5.74) is 1.10. The van der Waals surface area contributed by atoms with Crippen LogP contribution in [0.3, 0.4) is 0 Å². The van der Waals surface area contributed by atoms with Crippen molar-refractivity contribution in [3.63, 3.8) is 0 Å². The second-order valence-electron chi connectivity index (χ2n) is 4.78. The molecule has 0 spiro atoms. The van der Waals surface area contributed by atoms with Gasteiger partial charge in [-0.1, -0.05) is 31.0 Å². The minimum atomic E-state index is 0.571. The molecule has 3 aliphatic rings. The molecule has 3 rings (SSSR count). The lowest BCUT2D eigenvalue weighted by Gasteiger charge is -2.24. The fourth-order valence-electron chi connectivity index (χ4n) is 2.56. The quantitative estimate of drug-likeness (QED) is 0.657. The van der Waals surface area contributed by atoms with E-state index >= 15 is 0 Å². The number of nitrogens with zero attached hydrogens (tertiary/aromatic N) is 2. The largest absolute Gasteiger partial charge is 0.367 e. The maximum Gasteiger partial charge on any atom is 0.168 e. The van der Waals surface area contributed by atoms with Crippen molar-refractivity contribution < 1.29 is 0 Å². The first-order valence-corrected chi connectivity index (χ1v) is 7.74. The summed E-state index contributed by atoms with van der Waals surface area (Å²) in [5, 5.41) is 4.52. The molecule has 18 heavy (non-hydrogen) atoms. The molecular formula is C13H18N4S. The first kappa shape index (κ1) is 11.8. The second kappa shape index (κ2) is 5.18. The highest BCUT2D eigenvalue weighted by Crippen LogP contribution is 2.30. The molecule has 96 valence electrons. The average Bonchev–Trinajstić information content (AvgIpc) is 2.88. The predicted molar refractivity (Wildman–Crippen MR) is 75.3 cm³/mol. The van der Waals surface area contributed by atoms with E-state index in [0.29, 0.717) is 6.04 Å². The molecule has 2 aliphatic heterocycles. The molecule has 1 saturated carbocycles. The van der Waals surface area contributed by atoms with E-state index in [1.165, 1.54) is 32.1 Å². The van der Waals surface area contributed by atoms with Crippen LogP contribution in [0.4, 0.5) is 5.82 Å². The van der Waals surface area contributed by atoms with Gasteiger partial charge in [0.05, 0.1) is 5.56 Å². The highest BCUT2D eigenvalue weighted by molar-refractivity contribution is 7.98. The summed E-state index contributed by atoms with van der Waals surface area (Å²) in [6.07, 6.45) is 10.4. The van der Waals surface area contributed by atoms with E-state index < -0.39 is 0 Å². The molecule has 2 N–H and O–H groups in total. The van der Waals surface area contributed by atoms with E-state index in [4.69, 9.17) is 0 Å². The number of anilines is 1. The van der Waals surface area contributed by atoms with Crippen molar-refractivity contribution in [1.29, 1.82) is 0 Å². The molecular weight excluding hydrogens is 244 g/mol. The lowest BCUT2D eigenvalue weighted by atomic mass is 9.95. The Balaban J connectivity index is 1.87. The van der Waals surface area contributed by atoms with Gasteiger partial charge in [-0.05, 0) is 25.2 Å². The topological polar surface area (TPSA) is 53.6 Å². The van der Waals surface area contributed by atoms with Gasteiger partial charge in [0.15, 0.2) is 5.16 Å². The smallest absolute Gasteiger partial charge is 0.168 e. The number of rotatable bonds is 3. The Morgan fingerprint density at radius 1 is 1.33 bits per heavy atom. The minimum Gasteiger partial charge on any atom is -0.367 e. The molecule has 0 saturated heterocycles. The molecule has 0 atom stereocenters. The van der Waals surface area contributed by atoms with Gasteiger partial charge in [-0.3, -0.25) is 0 Å². The van der Waals surface area contributed by atoms with Crippen molar-refractivity contribution in [2.45, 2.75) is 43.3 Å². The molecule has 0 amide bonds. The third-order valence-corrected chi connectivity index (χ3v) is 4.11. The third kappa shape index (κ3) is 2.32. The lowest BCUT2D eigenvalue weighted by molar-refractivity contribution is 0.461. The van der Waals surface area contributed by atoms with Crippen LogP contribution in [0, 0.1) is 0 Å². The van der Waals surface area contributed by atoms with Crippen LogP contribution >= 0.6 is 11.8 Å². The average molecular weight is 262 g/mol. The van der Waals surface area contributed by atoms with Gasteiger partial charge in [0.1, 0.15) is 11.6 Å². The number of H-pyrrole nitrogens is 1. The zero-order valence-corrected chi connectivity index (χ0v) is 11.4. The maximum absolute atomic E-state index is 4.64. The van der Waals surface area contributed by atoms with Gasteiger partial charge in [-0.15, -0.1) is 0 Å². The molecule has 0 aromatic rings. The Morgan fingerprint density at radius 3 is 2.94 bits per heavy atom. The van der Waals surface area contributed by atoms with Crippen molar-refractivity contribution in [2.24, 2.45) is 0 Å². The summed E-state index contributed by atoms with van der Waals surface area (Å²) in [7, 11) is 0. The second-order valence-corrected chi connectivity index (χ2v) is 5.58. The number of fused-ring (bicyclic) bond motifs is 1. The zero-order chi connectivity index (χ0) is 12.4. The number of nitrogens with one attached hydrogen (secondary N) is 2. The molecule has 0 bridgehead atoms. The van der Waals surface area contributed by atoms with Gasteiger partial charge in [0.2, 0.25) is 0 Å². The number of hydrogen-bond acceptors (Lipinski definition) is 4. The molecule has 4 nitrogen and oxygen atoms in total. The number of aromatic amines is 1. The number of aromatic nitrogens is 3. The van der Waals surface area contributed by atoms with Crippen LogP contribution in [0.15, 0.2) is 17.4 Å². The molecule has 0 unspecified atom stereocenters. The summed E-state index contributed by atoms with van der Waals surface area (Å²) in [6, 6.07) is 2.59. The summed E-state index contributed by atoms with van der Waals surface area (Å²) in [4.78, 5) is 12.2. The van der Waals surface area contributed by atoms with Crippen LogP contribution in [0.2, 0.25) is 0 Å². The summed E-state index contributed by atoms with van der Waals surface area (Å²) >= 11 is 1.62. The van der Waals surface area contributed by atoms with Gasteiger partial charge in [-0.2, -0.15) is 0 Å². The van der Waals surface area contributed by atoms with Crippen molar-refractivity contribution >= 4 is 17.6 Å². The Kier molecular flexibility index (Phi) is 3.41. The predicted octanol–water partition coefficient (Wildman–Crippen LogP) is 3.38. The van der Waals surface area contributed by atoms with Crippen molar-refractivity contribution in [3.8, 4) is 11.4 Å². The molecule has 5 heteroatoms. The zero-order valence-electron chi connectivity index (χ0n) is 10.6. The van der Waals surface area contributed by atoms with Crippen LogP contribution in [-0.2, 0) is 0 Å². The van der Waals surface area contributed by atoms with Crippen LogP contribution in [0.1, 0.15) is 32.1 Å². The molecule has 0 radical (unpaired) electrons. The van der Waals surface area contributed by atoms with E-state index in [2.05, 4.69) is 20.3 Å². The highest BCUT2D eigenvalue weighted by atomic mass is 32.2. The van der Waals surface area contributed by atoms with E-state index in [-0.39, 0.29) is 0 Å². The van der Waals surface area contributed by atoms with Gasteiger partial charge < -0.3 is 10.3 Å². The third-order valence-electron chi connectivity index (χ3n) is 3.53. The first-order chi connectivity index (χ1) is 8.86. The van der Waals surface area contributed by atoms with Gasteiger partial charge in [0, 0.05) is 12.2 Å².